The van der Waals surface area contributed by atoms with Crippen molar-refractivity contribution in [3.8, 4) is 0 Å². The molecule has 0 bridgehead atoms. The summed E-state index contributed by atoms with van der Waals surface area (Å²) < 4.78 is 5.02. The van der Waals surface area contributed by atoms with Gasteiger partial charge >= 0.3 is 5.97 Å². The minimum atomic E-state index is -0.749. The Kier molecular flexibility index (Phi) is 4.64. The normalized spacial score (nSPS) is 20.2. The first-order valence-electron chi connectivity index (χ1n) is 7.98. The van der Waals surface area contributed by atoms with E-state index in [0.717, 1.165) is 30.7 Å². The molecule has 2 heterocycles. The molecular weight excluding hydrogens is 312 g/mol. The van der Waals surface area contributed by atoms with E-state index in [0.29, 0.717) is 11.6 Å². The van der Waals surface area contributed by atoms with Gasteiger partial charge in [-0.05, 0) is 32.1 Å². The summed E-state index contributed by atoms with van der Waals surface area (Å²) in [6.07, 6.45) is 2.99. The van der Waals surface area contributed by atoms with Crippen LogP contribution < -0.4 is 5.32 Å². The summed E-state index contributed by atoms with van der Waals surface area (Å²) in [6.45, 7) is 1.80. The highest BCUT2D eigenvalue weighted by Crippen LogP contribution is 2.39. The van der Waals surface area contributed by atoms with Crippen molar-refractivity contribution in [3.05, 3.63) is 29.3 Å². The predicted molar refractivity (Wildman–Crippen MR) is 84.5 cm³/mol. The van der Waals surface area contributed by atoms with Crippen molar-refractivity contribution in [2.24, 2.45) is 5.92 Å². The van der Waals surface area contributed by atoms with Crippen LogP contribution in [-0.4, -0.2) is 32.3 Å². The van der Waals surface area contributed by atoms with E-state index < -0.39 is 5.97 Å². The van der Waals surface area contributed by atoms with E-state index in [1.54, 1.807) is 13.0 Å². The number of aryl methyl sites for hydroxylation is 1. The first-order chi connectivity index (χ1) is 11.5. The monoisotopic (exact) mass is 332 g/mol. The van der Waals surface area contributed by atoms with Crippen molar-refractivity contribution in [2.45, 2.75) is 44.9 Å². The molecule has 1 fully saturated rings. The van der Waals surface area contributed by atoms with Gasteiger partial charge in [-0.2, -0.15) is 5.10 Å². The average Bonchev–Trinajstić information content (AvgIpc) is 3.20. The molecule has 8 nitrogen and oxygen atoms in total. The van der Waals surface area contributed by atoms with Crippen molar-refractivity contribution in [2.75, 3.05) is 5.32 Å². The molecule has 1 aliphatic rings. The first-order valence-corrected chi connectivity index (χ1v) is 7.98. The zero-order valence-electron chi connectivity index (χ0n) is 13.4. The maximum Gasteiger partial charge on any atom is 0.303 e. The zero-order chi connectivity index (χ0) is 17.1. The van der Waals surface area contributed by atoms with Crippen LogP contribution in [-0.2, 0) is 16.0 Å². The van der Waals surface area contributed by atoms with E-state index in [2.05, 4.69) is 20.7 Å². The van der Waals surface area contributed by atoms with Crippen LogP contribution in [0.2, 0.25) is 0 Å². The fourth-order valence-electron chi connectivity index (χ4n) is 3.24. The molecule has 2 aromatic rings. The van der Waals surface area contributed by atoms with E-state index in [1.165, 1.54) is 0 Å². The molecule has 0 spiro atoms. The summed E-state index contributed by atoms with van der Waals surface area (Å²) in [7, 11) is 0. The number of carbonyl (C=O) groups is 2. The summed E-state index contributed by atoms with van der Waals surface area (Å²) in [5.74, 6) is 0.481. The van der Waals surface area contributed by atoms with Gasteiger partial charge in [0.1, 0.15) is 5.76 Å². The Hall–Kier alpha value is -2.64. The summed E-state index contributed by atoms with van der Waals surface area (Å²) in [6, 6.07) is 3.54. The molecule has 0 aromatic carbocycles. The number of aromatic amines is 1. The predicted octanol–water partition coefficient (Wildman–Crippen LogP) is 2.25. The standard InChI is InChI=1S/C16H20N4O4/c1-9-4-12(24-20-9)7-15(21)17-14-8-13(18-19-14)11-3-2-10(5-11)6-16(22)23/h4,8,10-11H,2-3,5-7H2,1H3,(H,22,23)(H2,17,18,19,21)/t10-,11?/m1/s1. The summed E-state index contributed by atoms with van der Waals surface area (Å²) in [4.78, 5) is 22.8. The fraction of sp³-hybridized carbons (Fsp3) is 0.500. The Bertz CT molecular complexity index is 736. The lowest BCUT2D eigenvalue weighted by Crippen LogP contribution is -2.14. The maximum atomic E-state index is 12.0. The van der Waals surface area contributed by atoms with Crippen molar-refractivity contribution < 1.29 is 19.2 Å². The molecule has 0 radical (unpaired) electrons. The van der Waals surface area contributed by atoms with Crippen LogP contribution in [0.15, 0.2) is 16.7 Å². The lowest BCUT2D eigenvalue weighted by Gasteiger charge is -2.07. The number of hydrogen-bond acceptors (Lipinski definition) is 5. The van der Waals surface area contributed by atoms with Crippen molar-refractivity contribution in [3.63, 3.8) is 0 Å². The lowest BCUT2D eigenvalue weighted by atomic mass is 10.00. The quantitative estimate of drug-likeness (QED) is 0.746. The molecule has 2 atom stereocenters. The third kappa shape index (κ3) is 4.01. The lowest BCUT2D eigenvalue weighted by molar-refractivity contribution is -0.138. The highest BCUT2D eigenvalue weighted by Gasteiger charge is 2.28. The molecule has 1 amide bonds. The van der Waals surface area contributed by atoms with Crippen LogP contribution in [0, 0.1) is 12.8 Å². The zero-order valence-corrected chi connectivity index (χ0v) is 13.4. The molecule has 0 saturated heterocycles. The summed E-state index contributed by atoms with van der Waals surface area (Å²) >= 11 is 0. The molecule has 3 rings (SSSR count). The number of aliphatic carboxylic acids is 1. The Labute approximate surface area is 138 Å². The number of nitrogens with zero attached hydrogens (tertiary/aromatic N) is 2. The van der Waals surface area contributed by atoms with E-state index >= 15 is 0 Å². The third-order valence-electron chi connectivity index (χ3n) is 4.32. The summed E-state index contributed by atoms with van der Waals surface area (Å²) in [5.41, 5.74) is 1.67. The number of carboxylic acids is 1. The maximum absolute atomic E-state index is 12.0. The molecule has 1 saturated carbocycles. The van der Waals surface area contributed by atoms with E-state index in [-0.39, 0.29) is 30.6 Å². The van der Waals surface area contributed by atoms with Gasteiger partial charge in [0.25, 0.3) is 0 Å². The first kappa shape index (κ1) is 16.2. The largest absolute Gasteiger partial charge is 0.481 e. The number of aromatic nitrogens is 3. The van der Waals surface area contributed by atoms with E-state index in [9.17, 15) is 9.59 Å². The second-order valence-corrected chi connectivity index (χ2v) is 6.34. The van der Waals surface area contributed by atoms with Gasteiger partial charge in [0.05, 0.1) is 12.1 Å². The number of amides is 1. The minimum Gasteiger partial charge on any atom is -0.481 e. The number of carboxylic acid groups (broad SMARTS) is 1. The molecule has 1 unspecified atom stereocenters. The Morgan fingerprint density at radius 2 is 2.25 bits per heavy atom. The van der Waals surface area contributed by atoms with Crippen LogP contribution in [0.1, 0.15) is 48.7 Å². The van der Waals surface area contributed by atoms with Gasteiger partial charge in [-0.25, -0.2) is 0 Å². The molecule has 2 aromatic heterocycles. The van der Waals surface area contributed by atoms with Gasteiger partial charge in [-0.1, -0.05) is 5.16 Å². The second kappa shape index (κ2) is 6.86. The van der Waals surface area contributed by atoms with Crippen molar-refractivity contribution >= 4 is 17.7 Å². The number of H-pyrrole nitrogens is 1. The highest BCUT2D eigenvalue weighted by atomic mass is 16.5. The Morgan fingerprint density at radius 3 is 2.96 bits per heavy atom. The van der Waals surface area contributed by atoms with Gasteiger partial charge in [0, 0.05) is 30.2 Å². The van der Waals surface area contributed by atoms with Crippen molar-refractivity contribution in [1.29, 1.82) is 0 Å². The third-order valence-corrected chi connectivity index (χ3v) is 4.32. The highest BCUT2D eigenvalue weighted by molar-refractivity contribution is 5.91. The number of hydrogen-bond donors (Lipinski definition) is 3. The van der Waals surface area contributed by atoms with Crippen molar-refractivity contribution in [1.82, 2.24) is 15.4 Å². The number of carbonyl (C=O) groups excluding carboxylic acids is 1. The average molecular weight is 332 g/mol. The van der Waals surface area contributed by atoms with Gasteiger partial charge < -0.3 is 14.9 Å². The number of nitrogens with one attached hydrogen (secondary N) is 2. The molecule has 1 aliphatic carbocycles. The van der Waals surface area contributed by atoms with Crippen LogP contribution in [0.25, 0.3) is 0 Å². The molecule has 3 N–H and O–H groups in total. The molecule has 128 valence electrons. The SMILES string of the molecule is Cc1cc(CC(=O)Nc2cc(C3CC[C@@H](CC(=O)O)C3)[nH]n2)on1. The number of anilines is 1. The Morgan fingerprint density at radius 1 is 1.42 bits per heavy atom. The molecule has 8 heteroatoms. The topological polar surface area (TPSA) is 121 Å². The Balaban J connectivity index is 1.54. The van der Waals surface area contributed by atoms with E-state index in [4.69, 9.17) is 9.63 Å². The van der Waals surface area contributed by atoms with Crippen LogP contribution >= 0.6 is 0 Å². The van der Waals surface area contributed by atoms with Crippen LogP contribution in [0.4, 0.5) is 5.82 Å². The summed E-state index contributed by atoms with van der Waals surface area (Å²) in [5, 5.41) is 22.4. The second-order valence-electron chi connectivity index (χ2n) is 6.34. The van der Waals surface area contributed by atoms with Gasteiger partial charge in [0.2, 0.25) is 5.91 Å². The fourth-order valence-corrected chi connectivity index (χ4v) is 3.24. The van der Waals surface area contributed by atoms with Crippen LogP contribution in [0.5, 0.6) is 0 Å². The molecule has 24 heavy (non-hydrogen) atoms. The minimum absolute atomic E-state index is 0.104. The van der Waals surface area contributed by atoms with Gasteiger partial charge in [-0.15, -0.1) is 0 Å². The smallest absolute Gasteiger partial charge is 0.303 e. The number of rotatable bonds is 6. The van der Waals surface area contributed by atoms with Crippen LogP contribution in [0.3, 0.4) is 0 Å². The van der Waals surface area contributed by atoms with Gasteiger partial charge in [-0.3, -0.25) is 14.7 Å². The van der Waals surface area contributed by atoms with E-state index in [1.807, 2.05) is 6.07 Å². The van der Waals surface area contributed by atoms with Gasteiger partial charge in [0.15, 0.2) is 5.82 Å². The molecule has 0 aliphatic heterocycles. The molecular formula is C16H20N4O4.